The predicted molar refractivity (Wildman–Crippen MR) is 63.0 cm³/mol. The fourth-order valence-electron chi connectivity index (χ4n) is 1.34. The van der Waals surface area contributed by atoms with Crippen LogP contribution in [0.2, 0.25) is 0 Å². The monoisotopic (exact) mass is 258 g/mol. The second-order valence-corrected chi connectivity index (χ2v) is 4.64. The van der Waals surface area contributed by atoms with Crippen LogP contribution in [0.25, 0.3) is 0 Å². The van der Waals surface area contributed by atoms with E-state index in [4.69, 9.17) is 11.6 Å². The lowest BCUT2D eigenvalue weighted by Gasteiger charge is -1.96. The first-order valence-corrected chi connectivity index (χ1v) is 6.31. The van der Waals surface area contributed by atoms with Crippen molar-refractivity contribution in [1.82, 2.24) is 19.8 Å². The van der Waals surface area contributed by atoms with Crippen molar-refractivity contribution < 1.29 is 0 Å². The molecule has 0 radical (unpaired) electrons. The van der Waals surface area contributed by atoms with Crippen LogP contribution in [0.15, 0.2) is 22.3 Å². The number of alkyl halides is 1. The van der Waals surface area contributed by atoms with Crippen molar-refractivity contribution in [3.63, 3.8) is 0 Å². The zero-order valence-electron chi connectivity index (χ0n) is 8.54. The Bertz CT molecular complexity index is 490. The minimum absolute atomic E-state index is 0.197. The van der Waals surface area contributed by atoms with E-state index in [1.165, 1.54) is 14.2 Å². The largest absolute Gasteiger partial charge is 0.363 e. The molecule has 0 spiro atoms. The first-order valence-electron chi connectivity index (χ1n) is 4.90. The first-order chi connectivity index (χ1) is 7.81. The Labute approximate surface area is 101 Å². The van der Waals surface area contributed by atoms with Crippen LogP contribution in [-0.2, 0) is 19.5 Å². The lowest BCUT2D eigenvalue weighted by Crippen LogP contribution is -2.26. The molecule has 86 valence electrons. The molecule has 5 nitrogen and oxygen atoms in total. The maximum Gasteiger partial charge on any atom is 0.363 e. The molecule has 0 aliphatic carbocycles. The third-order valence-corrected chi connectivity index (χ3v) is 3.25. The van der Waals surface area contributed by atoms with Gasteiger partial charge in [-0.25, -0.2) is 4.79 Å². The highest BCUT2D eigenvalue weighted by Gasteiger charge is 2.05. The zero-order valence-corrected chi connectivity index (χ0v) is 10.1. The summed E-state index contributed by atoms with van der Waals surface area (Å²) in [7, 11) is 0. The van der Waals surface area contributed by atoms with Gasteiger partial charge < -0.3 is 0 Å². The van der Waals surface area contributed by atoms with E-state index < -0.39 is 0 Å². The van der Waals surface area contributed by atoms with E-state index >= 15 is 0 Å². The summed E-state index contributed by atoms with van der Waals surface area (Å²) in [4.78, 5) is 12.9. The van der Waals surface area contributed by atoms with Crippen LogP contribution in [0.5, 0.6) is 0 Å². The Balaban J connectivity index is 2.02. The van der Waals surface area contributed by atoms with Crippen molar-refractivity contribution in [1.29, 1.82) is 0 Å². The third kappa shape index (κ3) is 2.51. The quantitative estimate of drug-likeness (QED) is 0.752. The summed E-state index contributed by atoms with van der Waals surface area (Å²) in [6.45, 7) is 0.959. The molecular weight excluding hydrogens is 248 g/mol. The van der Waals surface area contributed by atoms with Crippen LogP contribution >= 0.6 is 22.9 Å². The summed E-state index contributed by atoms with van der Waals surface area (Å²) >= 11 is 7.21. The molecule has 2 aromatic rings. The molecule has 2 aromatic heterocycles. The second-order valence-electron chi connectivity index (χ2n) is 3.23. The minimum Gasteiger partial charge on any atom is -0.244 e. The summed E-state index contributed by atoms with van der Waals surface area (Å²) < 4.78 is 2.65. The molecule has 0 unspecified atom stereocenters. The SMILES string of the molecule is O=c1n(CCCl)nnn1CCc1cccs1. The zero-order chi connectivity index (χ0) is 11.4. The van der Waals surface area contributed by atoms with E-state index in [1.54, 1.807) is 11.3 Å². The van der Waals surface area contributed by atoms with Gasteiger partial charge in [0.05, 0.1) is 13.1 Å². The summed E-state index contributed by atoms with van der Waals surface area (Å²) in [5, 5.41) is 9.55. The third-order valence-electron chi connectivity index (χ3n) is 2.14. The van der Waals surface area contributed by atoms with Crippen LogP contribution in [0.1, 0.15) is 4.88 Å². The van der Waals surface area contributed by atoms with Crippen molar-refractivity contribution in [2.75, 3.05) is 5.88 Å². The molecule has 7 heteroatoms. The van der Waals surface area contributed by atoms with Crippen molar-refractivity contribution in [2.24, 2.45) is 0 Å². The Morgan fingerprint density at radius 3 is 2.69 bits per heavy atom. The van der Waals surface area contributed by atoms with Gasteiger partial charge in [-0.05, 0) is 21.9 Å². The standard InChI is InChI=1S/C9H11ClN4OS/c10-4-6-14-9(15)13(11-12-14)5-3-8-2-1-7-16-8/h1-2,7H,3-6H2. The molecule has 0 aromatic carbocycles. The van der Waals surface area contributed by atoms with Crippen molar-refractivity contribution in [3.8, 4) is 0 Å². The van der Waals surface area contributed by atoms with Crippen LogP contribution in [-0.4, -0.2) is 25.7 Å². The molecule has 2 heterocycles. The van der Waals surface area contributed by atoms with Gasteiger partial charge in [-0.2, -0.15) is 9.36 Å². The Kier molecular flexibility index (Phi) is 3.74. The van der Waals surface area contributed by atoms with E-state index in [0.717, 1.165) is 6.42 Å². The molecule has 0 aliphatic rings. The number of thiophene rings is 1. The van der Waals surface area contributed by atoms with E-state index in [1.807, 2.05) is 17.5 Å². The van der Waals surface area contributed by atoms with Gasteiger partial charge >= 0.3 is 5.69 Å². The smallest absolute Gasteiger partial charge is 0.244 e. The number of rotatable bonds is 5. The molecule has 0 amide bonds. The van der Waals surface area contributed by atoms with Gasteiger partial charge in [-0.3, -0.25) is 0 Å². The summed E-state index contributed by atoms with van der Waals surface area (Å²) in [6, 6.07) is 4.03. The highest BCUT2D eigenvalue weighted by Crippen LogP contribution is 2.09. The number of hydrogen-bond donors (Lipinski definition) is 0. The lowest BCUT2D eigenvalue weighted by molar-refractivity contribution is 0.576. The number of hydrogen-bond acceptors (Lipinski definition) is 4. The van der Waals surface area contributed by atoms with Crippen LogP contribution in [0.4, 0.5) is 0 Å². The van der Waals surface area contributed by atoms with Gasteiger partial charge in [0, 0.05) is 17.2 Å². The average molecular weight is 259 g/mol. The second kappa shape index (κ2) is 5.27. The summed E-state index contributed by atoms with van der Waals surface area (Å²) in [5.74, 6) is 0.365. The normalized spacial score (nSPS) is 10.8. The average Bonchev–Trinajstić information content (AvgIpc) is 2.89. The predicted octanol–water partition coefficient (Wildman–Crippen LogP) is 0.983. The van der Waals surface area contributed by atoms with E-state index in [-0.39, 0.29) is 5.69 Å². The molecule has 2 rings (SSSR count). The minimum atomic E-state index is -0.197. The molecule has 0 saturated carbocycles. The van der Waals surface area contributed by atoms with Crippen molar-refractivity contribution in [3.05, 3.63) is 32.9 Å². The molecule has 0 atom stereocenters. The first kappa shape index (κ1) is 11.3. The number of tetrazole rings is 1. The Morgan fingerprint density at radius 1 is 1.31 bits per heavy atom. The van der Waals surface area contributed by atoms with E-state index in [2.05, 4.69) is 10.4 Å². The Morgan fingerprint density at radius 2 is 2.06 bits per heavy atom. The molecule has 0 aliphatic heterocycles. The number of aryl methyl sites for hydroxylation is 3. The highest BCUT2D eigenvalue weighted by molar-refractivity contribution is 7.09. The van der Waals surface area contributed by atoms with E-state index in [0.29, 0.717) is 19.0 Å². The highest BCUT2D eigenvalue weighted by atomic mass is 35.5. The molecule has 0 saturated heterocycles. The van der Waals surface area contributed by atoms with Gasteiger partial charge in [-0.15, -0.1) is 22.9 Å². The summed E-state index contributed by atoms with van der Waals surface area (Å²) in [6.07, 6.45) is 0.803. The summed E-state index contributed by atoms with van der Waals surface area (Å²) in [5.41, 5.74) is -0.197. The maximum atomic E-state index is 11.7. The molecule has 16 heavy (non-hydrogen) atoms. The van der Waals surface area contributed by atoms with Gasteiger partial charge in [0.25, 0.3) is 0 Å². The van der Waals surface area contributed by atoms with E-state index in [9.17, 15) is 4.79 Å². The van der Waals surface area contributed by atoms with Crippen molar-refractivity contribution in [2.45, 2.75) is 19.5 Å². The molecular formula is C9H11ClN4OS. The van der Waals surface area contributed by atoms with Gasteiger partial charge in [-0.1, -0.05) is 6.07 Å². The number of halogens is 1. The topological polar surface area (TPSA) is 52.7 Å². The lowest BCUT2D eigenvalue weighted by atomic mass is 10.3. The van der Waals surface area contributed by atoms with Gasteiger partial charge in [0.1, 0.15) is 0 Å². The number of aromatic nitrogens is 4. The number of nitrogens with zero attached hydrogens (tertiary/aromatic N) is 4. The van der Waals surface area contributed by atoms with Crippen LogP contribution < -0.4 is 5.69 Å². The van der Waals surface area contributed by atoms with Crippen molar-refractivity contribution >= 4 is 22.9 Å². The molecule has 0 bridgehead atoms. The molecule has 0 N–H and O–H groups in total. The Hall–Kier alpha value is -1.14. The fraction of sp³-hybridized carbons (Fsp3) is 0.444. The van der Waals surface area contributed by atoms with Crippen LogP contribution in [0.3, 0.4) is 0 Å². The van der Waals surface area contributed by atoms with Gasteiger partial charge in [0.2, 0.25) is 0 Å². The van der Waals surface area contributed by atoms with Crippen LogP contribution in [0, 0.1) is 0 Å². The van der Waals surface area contributed by atoms with Gasteiger partial charge in [0.15, 0.2) is 0 Å². The maximum absolute atomic E-state index is 11.7. The molecule has 0 fully saturated rings. The fourth-order valence-corrected chi connectivity index (χ4v) is 2.20.